The maximum atomic E-state index is 12.0. The van der Waals surface area contributed by atoms with Gasteiger partial charge in [0.15, 0.2) is 0 Å². The maximum absolute atomic E-state index is 12.0. The molecule has 0 bridgehead atoms. The van der Waals surface area contributed by atoms with Gasteiger partial charge in [-0.2, -0.15) is 5.10 Å². The molecule has 3 atom stereocenters. The number of nitrogens with zero attached hydrogens (tertiary/aromatic N) is 4. The third-order valence-corrected chi connectivity index (χ3v) is 3.94. The van der Waals surface area contributed by atoms with Gasteiger partial charge >= 0.3 is 0 Å². The van der Waals surface area contributed by atoms with Crippen LogP contribution in [-0.4, -0.2) is 49.9 Å². The van der Waals surface area contributed by atoms with Gasteiger partial charge in [0.2, 0.25) is 5.91 Å². The Morgan fingerprint density at radius 2 is 2.29 bits per heavy atom. The molecule has 1 aromatic rings. The van der Waals surface area contributed by atoms with Gasteiger partial charge in [0.25, 0.3) is 0 Å². The van der Waals surface area contributed by atoms with Gasteiger partial charge in [0.1, 0.15) is 19.2 Å². The number of hydrogen-bond donors (Lipinski definition) is 1. The van der Waals surface area contributed by atoms with Crippen LogP contribution in [0, 0.1) is 11.8 Å². The molecule has 17 heavy (non-hydrogen) atoms. The van der Waals surface area contributed by atoms with E-state index in [0.717, 1.165) is 19.4 Å². The van der Waals surface area contributed by atoms with Crippen molar-refractivity contribution >= 4 is 5.91 Å². The molecule has 0 radical (unpaired) electrons. The highest BCUT2D eigenvalue weighted by molar-refractivity contribution is 5.76. The van der Waals surface area contributed by atoms with Crippen molar-refractivity contribution < 1.29 is 9.90 Å². The summed E-state index contributed by atoms with van der Waals surface area (Å²) in [5.41, 5.74) is 0. The predicted molar refractivity (Wildman–Crippen MR) is 58.8 cm³/mol. The fourth-order valence-corrected chi connectivity index (χ4v) is 2.99. The highest BCUT2D eigenvalue weighted by atomic mass is 16.3. The summed E-state index contributed by atoms with van der Waals surface area (Å²) >= 11 is 0. The molecule has 6 heteroatoms. The van der Waals surface area contributed by atoms with Crippen LogP contribution in [-0.2, 0) is 11.3 Å². The Morgan fingerprint density at radius 1 is 1.41 bits per heavy atom. The minimum atomic E-state index is -0.218. The highest BCUT2D eigenvalue weighted by Gasteiger charge is 2.43. The van der Waals surface area contributed by atoms with Crippen LogP contribution >= 0.6 is 0 Å². The number of rotatable bonds is 2. The van der Waals surface area contributed by atoms with Crippen molar-refractivity contribution in [2.75, 3.05) is 13.1 Å². The summed E-state index contributed by atoms with van der Waals surface area (Å²) in [5.74, 6) is 0.844. The van der Waals surface area contributed by atoms with E-state index in [-0.39, 0.29) is 24.5 Å². The molecule has 1 aromatic heterocycles. The second kappa shape index (κ2) is 4.10. The number of carbonyl (C=O) groups excluding carboxylic acids is 1. The minimum Gasteiger partial charge on any atom is -0.393 e. The van der Waals surface area contributed by atoms with Crippen molar-refractivity contribution in [2.45, 2.75) is 25.5 Å². The first-order valence-electron chi connectivity index (χ1n) is 6.02. The van der Waals surface area contributed by atoms with Crippen LogP contribution in [0.15, 0.2) is 12.7 Å². The van der Waals surface area contributed by atoms with Crippen LogP contribution < -0.4 is 0 Å². The lowest BCUT2D eigenvalue weighted by molar-refractivity contribution is -0.131. The molecular weight excluding hydrogens is 220 g/mol. The van der Waals surface area contributed by atoms with E-state index in [4.69, 9.17) is 0 Å². The lowest BCUT2D eigenvalue weighted by Crippen LogP contribution is -2.33. The summed E-state index contributed by atoms with van der Waals surface area (Å²) < 4.78 is 1.53. The lowest BCUT2D eigenvalue weighted by atomic mass is 10.00. The zero-order chi connectivity index (χ0) is 11.8. The van der Waals surface area contributed by atoms with E-state index in [1.807, 2.05) is 4.90 Å². The van der Waals surface area contributed by atoms with Crippen molar-refractivity contribution in [1.29, 1.82) is 0 Å². The molecule has 0 aromatic carbocycles. The molecular formula is C11H16N4O2. The summed E-state index contributed by atoms with van der Waals surface area (Å²) in [4.78, 5) is 17.7. The van der Waals surface area contributed by atoms with Crippen LogP contribution in [0.25, 0.3) is 0 Å². The molecule has 92 valence electrons. The number of aliphatic hydroxyl groups excluding tert-OH is 1. The molecule has 3 unspecified atom stereocenters. The van der Waals surface area contributed by atoms with Gasteiger partial charge in [0, 0.05) is 19.0 Å². The fourth-order valence-electron chi connectivity index (χ4n) is 2.99. The zero-order valence-corrected chi connectivity index (χ0v) is 9.57. The summed E-state index contributed by atoms with van der Waals surface area (Å²) in [6, 6.07) is 0. The number of aromatic nitrogens is 3. The Bertz CT molecular complexity index is 406. The number of fused-ring (bicyclic) bond motifs is 1. The summed E-state index contributed by atoms with van der Waals surface area (Å²) in [6.45, 7) is 1.73. The molecule has 1 saturated carbocycles. The van der Waals surface area contributed by atoms with E-state index >= 15 is 0 Å². The van der Waals surface area contributed by atoms with Crippen molar-refractivity contribution in [3.05, 3.63) is 12.7 Å². The second-order valence-corrected chi connectivity index (χ2v) is 4.96. The Balaban J connectivity index is 1.61. The first-order valence-corrected chi connectivity index (χ1v) is 6.02. The average Bonchev–Trinajstić information content (AvgIpc) is 2.97. The molecule has 1 saturated heterocycles. The van der Waals surface area contributed by atoms with E-state index < -0.39 is 0 Å². The van der Waals surface area contributed by atoms with Crippen molar-refractivity contribution in [2.24, 2.45) is 11.8 Å². The van der Waals surface area contributed by atoms with E-state index in [1.54, 1.807) is 6.33 Å². The van der Waals surface area contributed by atoms with Gasteiger partial charge in [-0.15, -0.1) is 0 Å². The molecule has 1 aliphatic carbocycles. The second-order valence-electron chi connectivity index (χ2n) is 4.96. The van der Waals surface area contributed by atoms with Crippen LogP contribution in [0.1, 0.15) is 12.8 Å². The van der Waals surface area contributed by atoms with Crippen LogP contribution in [0.4, 0.5) is 0 Å². The smallest absolute Gasteiger partial charge is 0.244 e. The molecule has 1 aliphatic heterocycles. The Labute approximate surface area is 99.2 Å². The monoisotopic (exact) mass is 236 g/mol. The largest absolute Gasteiger partial charge is 0.393 e. The highest BCUT2D eigenvalue weighted by Crippen LogP contribution is 2.38. The van der Waals surface area contributed by atoms with Gasteiger partial charge in [-0.3, -0.25) is 4.79 Å². The van der Waals surface area contributed by atoms with Crippen molar-refractivity contribution in [1.82, 2.24) is 19.7 Å². The number of hydrogen-bond acceptors (Lipinski definition) is 4. The van der Waals surface area contributed by atoms with Gasteiger partial charge in [-0.25, -0.2) is 9.67 Å². The quantitative estimate of drug-likeness (QED) is 0.752. The molecule has 1 amide bonds. The number of aliphatic hydroxyl groups is 1. The minimum absolute atomic E-state index is 0.0668. The molecule has 1 N–H and O–H groups in total. The standard InChI is InChI=1S/C11H16N4O2/c16-10-2-1-8-3-14(4-9(8)10)11(17)5-15-7-12-6-13-15/h6-10,16H,1-5H2. The van der Waals surface area contributed by atoms with Gasteiger partial charge in [-0.1, -0.05) is 0 Å². The summed E-state index contributed by atoms with van der Waals surface area (Å²) in [6.07, 6.45) is 4.68. The normalized spacial score (nSPS) is 31.8. The number of amides is 1. The predicted octanol–water partition coefficient (Wildman–Crippen LogP) is -0.493. The third kappa shape index (κ3) is 1.93. The number of likely N-dealkylation sites (tertiary alicyclic amines) is 1. The van der Waals surface area contributed by atoms with Gasteiger partial charge in [-0.05, 0) is 18.8 Å². The Hall–Kier alpha value is -1.43. The number of carbonyl (C=O) groups is 1. The first-order chi connectivity index (χ1) is 8.24. The molecule has 2 aliphatic rings. The first kappa shape index (κ1) is 10.7. The topological polar surface area (TPSA) is 71.2 Å². The van der Waals surface area contributed by atoms with Crippen LogP contribution in [0.3, 0.4) is 0 Å². The third-order valence-electron chi connectivity index (χ3n) is 3.94. The molecule has 6 nitrogen and oxygen atoms in total. The van der Waals surface area contributed by atoms with E-state index in [9.17, 15) is 9.90 Å². The molecule has 2 fully saturated rings. The molecule has 0 spiro atoms. The molecule has 3 rings (SSSR count). The van der Waals surface area contributed by atoms with Gasteiger partial charge < -0.3 is 10.0 Å². The Morgan fingerprint density at radius 3 is 3.00 bits per heavy atom. The fraction of sp³-hybridized carbons (Fsp3) is 0.727. The van der Waals surface area contributed by atoms with E-state index in [0.29, 0.717) is 12.5 Å². The molecule has 2 heterocycles. The van der Waals surface area contributed by atoms with Gasteiger partial charge in [0.05, 0.1) is 6.10 Å². The van der Waals surface area contributed by atoms with Crippen molar-refractivity contribution in [3.8, 4) is 0 Å². The maximum Gasteiger partial charge on any atom is 0.244 e. The van der Waals surface area contributed by atoms with E-state index in [1.165, 1.54) is 11.0 Å². The summed E-state index contributed by atoms with van der Waals surface area (Å²) in [7, 11) is 0. The van der Waals surface area contributed by atoms with E-state index in [2.05, 4.69) is 10.1 Å². The van der Waals surface area contributed by atoms with Crippen LogP contribution in [0.2, 0.25) is 0 Å². The average molecular weight is 236 g/mol. The zero-order valence-electron chi connectivity index (χ0n) is 9.57. The van der Waals surface area contributed by atoms with Crippen molar-refractivity contribution in [3.63, 3.8) is 0 Å². The summed E-state index contributed by atoms with van der Waals surface area (Å²) in [5, 5.41) is 13.7. The Kier molecular flexibility index (Phi) is 2.58. The SMILES string of the molecule is O=C(Cn1cncn1)N1CC2CCC(O)C2C1. The van der Waals surface area contributed by atoms with Crippen LogP contribution in [0.5, 0.6) is 0 Å². The lowest BCUT2D eigenvalue weighted by Gasteiger charge is -2.18.